The number of likely N-dealkylation sites (tertiary alicyclic amines) is 1. The Labute approximate surface area is 184 Å². The van der Waals surface area contributed by atoms with Gasteiger partial charge in [-0.05, 0) is 68.2 Å². The molecule has 0 unspecified atom stereocenters. The van der Waals surface area contributed by atoms with Crippen molar-refractivity contribution in [1.29, 1.82) is 0 Å². The Morgan fingerprint density at radius 3 is 2.62 bits per heavy atom. The molecule has 1 saturated heterocycles. The number of halogens is 1. The van der Waals surface area contributed by atoms with Crippen molar-refractivity contribution in [1.82, 2.24) is 4.90 Å². The van der Waals surface area contributed by atoms with Crippen LogP contribution in [0, 0.1) is 0 Å². The number of piperidine rings is 1. The monoisotopic (exact) mass is 472 g/mol. The third kappa shape index (κ3) is 4.65. The Morgan fingerprint density at radius 1 is 1.21 bits per heavy atom. The highest BCUT2D eigenvalue weighted by Crippen LogP contribution is 2.40. The number of hydrogen-bond donors (Lipinski definition) is 1. The molecule has 0 saturated carbocycles. The summed E-state index contributed by atoms with van der Waals surface area (Å²) in [6, 6.07) is 14.4. The van der Waals surface area contributed by atoms with E-state index in [1.54, 1.807) is 23.5 Å². The van der Waals surface area contributed by atoms with Crippen molar-refractivity contribution in [3.63, 3.8) is 0 Å². The van der Waals surface area contributed by atoms with E-state index in [1.807, 2.05) is 0 Å². The number of carbonyl (C=O) groups excluding carboxylic acids is 1. The van der Waals surface area contributed by atoms with E-state index in [0.29, 0.717) is 5.76 Å². The van der Waals surface area contributed by atoms with E-state index in [-0.39, 0.29) is 11.9 Å². The van der Waals surface area contributed by atoms with Gasteiger partial charge in [0, 0.05) is 14.9 Å². The van der Waals surface area contributed by atoms with Crippen molar-refractivity contribution < 1.29 is 9.21 Å². The molecule has 4 rings (SSSR count). The van der Waals surface area contributed by atoms with Crippen LogP contribution in [0.25, 0.3) is 0 Å². The van der Waals surface area contributed by atoms with E-state index >= 15 is 0 Å². The summed E-state index contributed by atoms with van der Waals surface area (Å²) in [6.07, 6.45) is 6.19. The second-order valence-electron chi connectivity index (χ2n) is 7.33. The van der Waals surface area contributed by atoms with Gasteiger partial charge in [0.15, 0.2) is 5.76 Å². The van der Waals surface area contributed by atoms with Crippen molar-refractivity contribution in [3.8, 4) is 0 Å². The van der Waals surface area contributed by atoms with Crippen molar-refractivity contribution in [2.75, 3.05) is 18.4 Å². The van der Waals surface area contributed by atoms with Crippen molar-refractivity contribution in [3.05, 3.63) is 75.0 Å². The first-order chi connectivity index (χ1) is 14.2. The van der Waals surface area contributed by atoms with Gasteiger partial charge in [0.1, 0.15) is 5.00 Å². The highest BCUT2D eigenvalue weighted by atomic mass is 79.9. The standard InChI is InChI=1S/C23H25BrN2O2S/c1-2-18-15-19(23(29-18)25-22(27)20-7-6-14-28-20)21(26-12-4-3-5-13-26)16-8-10-17(24)11-9-16/h6-11,14-15,21H,2-5,12-13H2,1H3,(H,25,27)/t21-/m1/s1. The lowest BCUT2D eigenvalue weighted by Crippen LogP contribution is -2.34. The minimum atomic E-state index is -0.200. The highest BCUT2D eigenvalue weighted by Gasteiger charge is 2.28. The second kappa shape index (κ2) is 9.28. The number of anilines is 1. The molecule has 1 amide bonds. The molecule has 4 nitrogen and oxygen atoms in total. The van der Waals surface area contributed by atoms with Crippen LogP contribution < -0.4 is 5.32 Å². The number of nitrogens with zero attached hydrogens (tertiary/aromatic N) is 1. The Hall–Kier alpha value is -1.89. The van der Waals surface area contributed by atoms with E-state index in [0.717, 1.165) is 29.0 Å². The SMILES string of the molecule is CCc1cc([C@@H](c2ccc(Br)cc2)N2CCCCC2)c(NC(=O)c2ccco2)s1. The van der Waals surface area contributed by atoms with Gasteiger partial charge in [0.05, 0.1) is 12.3 Å². The Bertz CT molecular complexity index is 944. The molecule has 3 aromatic rings. The Morgan fingerprint density at radius 2 is 1.97 bits per heavy atom. The Balaban J connectivity index is 1.73. The lowest BCUT2D eigenvalue weighted by Gasteiger charge is -2.35. The van der Waals surface area contributed by atoms with Gasteiger partial charge in [-0.3, -0.25) is 9.69 Å². The minimum Gasteiger partial charge on any atom is -0.459 e. The number of amides is 1. The molecule has 152 valence electrons. The van der Waals surface area contributed by atoms with Crippen LogP contribution in [0.15, 0.2) is 57.6 Å². The van der Waals surface area contributed by atoms with Gasteiger partial charge in [0.25, 0.3) is 5.91 Å². The predicted molar refractivity (Wildman–Crippen MR) is 122 cm³/mol. The van der Waals surface area contributed by atoms with Crippen molar-refractivity contribution in [2.45, 2.75) is 38.6 Å². The number of nitrogens with one attached hydrogen (secondary N) is 1. The topological polar surface area (TPSA) is 45.5 Å². The Kier molecular flexibility index (Phi) is 6.53. The fourth-order valence-electron chi connectivity index (χ4n) is 3.91. The summed E-state index contributed by atoms with van der Waals surface area (Å²) in [5, 5.41) is 4.04. The molecule has 3 heterocycles. The summed E-state index contributed by atoms with van der Waals surface area (Å²) in [6.45, 7) is 4.30. The molecule has 29 heavy (non-hydrogen) atoms. The first-order valence-electron chi connectivity index (χ1n) is 10.1. The fourth-order valence-corrected chi connectivity index (χ4v) is 5.20. The summed E-state index contributed by atoms with van der Waals surface area (Å²) in [7, 11) is 0. The minimum absolute atomic E-state index is 0.131. The molecule has 1 N–H and O–H groups in total. The van der Waals surface area contributed by atoms with Crippen LogP contribution in [0.2, 0.25) is 0 Å². The van der Waals surface area contributed by atoms with Gasteiger partial charge in [-0.25, -0.2) is 0 Å². The maximum atomic E-state index is 12.7. The van der Waals surface area contributed by atoms with E-state index in [9.17, 15) is 4.79 Å². The van der Waals surface area contributed by atoms with Crippen LogP contribution in [0.1, 0.15) is 58.8 Å². The number of rotatable bonds is 6. The molecule has 1 aliphatic heterocycles. The van der Waals surface area contributed by atoms with Crippen molar-refractivity contribution in [2.24, 2.45) is 0 Å². The lowest BCUT2D eigenvalue weighted by molar-refractivity contribution is 0.0996. The maximum absolute atomic E-state index is 12.7. The first-order valence-corrected chi connectivity index (χ1v) is 11.7. The van der Waals surface area contributed by atoms with Crippen LogP contribution >= 0.6 is 27.3 Å². The molecular formula is C23H25BrN2O2S. The van der Waals surface area contributed by atoms with E-state index in [4.69, 9.17) is 4.42 Å². The molecule has 0 spiro atoms. The molecule has 1 aromatic carbocycles. The van der Waals surface area contributed by atoms with Gasteiger partial charge < -0.3 is 9.73 Å². The summed E-state index contributed by atoms with van der Waals surface area (Å²) in [5.41, 5.74) is 2.43. The largest absolute Gasteiger partial charge is 0.459 e. The zero-order valence-electron chi connectivity index (χ0n) is 16.5. The van der Waals surface area contributed by atoms with Crippen LogP contribution in [-0.4, -0.2) is 23.9 Å². The zero-order valence-corrected chi connectivity index (χ0v) is 18.9. The predicted octanol–water partition coefficient (Wildman–Crippen LogP) is 6.49. The normalized spacial score (nSPS) is 15.9. The second-order valence-corrected chi connectivity index (χ2v) is 9.39. The molecule has 2 aromatic heterocycles. The number of benzene rings is 1. The lowest BCUT2D eigenvalue weighted by atomic mass is 9.96. The van der Waals surface area contributed by atoms with Crippen LogP contribution in [0.5, 0.6) is 0 Å². The third-order valence-corrected chi connectivity index (χ3v) is 7.11. The quantitative estimate of drug-likeness (QED) is 0.445. The average molecular weight is 473 g/mol. The molecule has 1 fully saturated rings. The van der Waals surface area contributed by atoms with Crippen LogP contribution in [-0.2, 0) is 6.42 Å². The number of aryl methyl sites for hydroxylation is 1. The third-order valence-electron chi connectivity index (χ3n) is 5.37. The van der Waals surface area contributed by atoms with E-state index in [2.05, 4.69) is 63.4 Å². The molecule has 0 aliphatic carbocycles. The van der Waals surface area contributed by atoms with Crippen LogP contribution in [0.4, 0.5) is 5.00 Å². The smallest absolute Gasteiger partial charge is 0.291 e. The summed E-state index contributed by atoms with van der Waals surface area (Å²) >= 11 is 5.22. The number of furan rings is 1. The first kappa shape index (κ1) is 20.4. The molecule has 0 bridgehead atoms. The van der Waals surface area contributed by atoms with Gasteiger partial charge in [-0.1, -0.05) is 41.4 Å². The van der Waals surface area contributed by atoms with Crippen LogP contribution in [0.3, 0.4) is 0 Å². The average Bonchev–Trinajstić information content (AvgIpc) is 3.41. The van der Waals surface area contributed by atoms with E-state index in [1.165, 1.54) is 41.5 Å². The summed E-state index contributed by atoms with van der Waals surface area (Å²) in [5.74, 6) is 0.134. The van der Waals surface area contributed by atoms with Gasteiger partial charge in [-0.15, -0.1) is 11.3 Å². The van der Waals surface area contributed by atoms with Crippen molar-refractivity contribution >= 4 is 38.2 Å². The summed E-state index contributed by atoms with van der Waals surface area (Å²) < 4.78 is 6.37. The molecular weight excluding hydrogens is 448 g/mol. The highest BCUT2D eigenvalue weighted by molar-refractivity contribution is 9.10. The molecule has 1 atom stereocenters. The number of hydrogen-bond acceptors (Lipinski definition) is 4. The number of thiophene rings is 1. The van der Waals surface area contributed by atoms with Gasteiger partial charge in [0.2, 0.25) is 0 Å². The maximum Gasteiger partial charge on any atom is 0.291 e. The zero-order chi connectivity index (χ0) is 20.2. The fraction of sp³-hybridized carbons (Fsp3) is 0.348. The molecule has 0 radical (unpaired) electrons. The van der Waals surface area contributed by atoms with Gasteiger partial charge in [-0.2, -0.15) is 0 Å². The molecule has 1 aliphatic rings. The number of carbonyl (C=O) groups is 1. The van der Waals surface area contributed by atoms with E-state index < -0.39 is 0 Å². The summed E-state index contributed by atoms with van der Waals surface area (Å²) in [4.78, 5) is 16.5. The molecule has 6 heteroatoms. The van der Waals surface area contributed by atoms with Gasteiger partial charge >= 0.3 is 0 Å².